The Kier molecular flexibility index (Phi) is 8.07. The van der Waals surface area contributed by atoms with Crippen LogP contribution in [-0.4, -0.2) is 67.3 Å². The lowest BCUT2D eigenvalue weighted by Gasteiger charge is -2.32. The first-order chi connectivity index (χ1) is 12.1. The van der Waals surface area contributed by atoms with Crippen LogP contribution in [0.15, 0.2) is 24.3 Å². The van der Waals surface area contributed by atoms with Gasteiger partial charge in [0.2, 0.25) is 5.91 Å². The van der Waals surface area contributed by atoms with Gasteiger partial charge in [-0.2, -0.15) is 0 Å². The van der Waals surface area contributed by atoms with E-state index in [2.05, 4.69) is 10.2 Å². The molecule has 0 bridgehead atoms. The second-order valence-electron chi connectivity index (χ2n) is 7.23. The van der Waals surface area contributed by atoms with E-state index in [0.717, 1.165) is 64.2 Å². The van der Waals surface area contributed by atoms with Gasteiger partial charge >= 0.3 is 0 Å². The van der Waals surface area contributed by atoms with Crippen LogP contribution in [0.1, 0.15) is 35.2 Å². The maximum Gasteiger partial charge on any atom is 0.223 e. The van der Waals surface area contributed by atoms with Gasteiger partial charge < -0.3 is 15.1 Å². The minimum absolute atomic E-state index is 0. The van der Waals surface area contributed by atoms with Gasteiger partial charge in [0, 0.05) is 50.6 Å². The first-order valence-electron chi connectivity index (χ1n) is 9.45. The molecule has 0 atom stereocenters. The number of halogens is 1. The average Bonchev–Trinajstić information content (AvgIpc) is 2.67. The Morgan fingerprint density at radius 2 is 1.65 bits per heavy atom. The standard InChI is InChI=1S/C20H29N3O2.ClH/c1-16-2-4-17(5-3-16)20(25)18-6-11-22(12-7-18)13-8-19(24)23-14-9-21-10-15-23;/h2-5,18,21H,6-15H2,1H3;1H. The summed E-state index contributed by atoms with van der Waals surface area (Å²) in [5.41, 5.74) is 2.01. The quantitative estimate of drug-likeness (QED) is 0.796. The Balaban J connectivity index is 0.00000243. The average molecular weight is 380 g/mol. The molecule has 0 spiro atoms. The molecular weight excluding hydrogens is 350 g/mol. The van der Waals surface area contributed by atoms with Gasteiger partial charge in [-0.25, -0.2) is 0 Å². The normalized spacial score (nSPS) is 19.0. The summed E-state index contributed by atoms with van der Waals surface area (Å²) in [7, 11) is 0. The van der Waals surface area contributed by atoms with Crippen molar-refractivity contribution in [2.75, 3.05) is 45.8 Å². The molecule has 6 heteroatoms. The van der Waals surface area contributed by atoms with Crippen LogP contribution in [0.3, 0.4) is 0 Å². The number of rotatable bonds is 5. The summed E-state index contributed by atoms with van der Waals surface area (Å²) in [6.07, 6.45) is 2.39. The number of Topliss-reactive ketones (excluding diaryl/α,β-unsaturated/α-hetero) is 1. The van der Waals surface area contributed by atoms with Crippen LogP contribution < -0.4 is 5.32 Å². The van der Waals surface area contributed by atoms with Crippen molar-refractivity contribution in [3.05, 3.63) is 35.4 Å². The highest BCUT2D eigenvalue weighted by atomic mass is 35.5. The highest BCUT2D eigenvalue weighted by molar-refractivity contribution is 5.97. The van der Waals surface area contributed by atoms with Gasteiger partial charge in [-0.3, -0.25) is 9.59 Å². The first-order valence-corrected chi connectivity index (χ1v) is 9.45. The van der Waals surface area contributed by atoms with Crippen LogP contribution in [0, 0.1) is 12.8 Å². The van der Waals surface area contributed by atoms with E-state index in [1.807, 2.05) is 36.1 Å². The van der Waals surface area contributed by atoms with E-state index >= 15 is 0 Å². The van der Waals surface area contributed by atoms with Crippen LogP contribution in [0.25, 0.3) is 0 Å². The fraction of sp³-hybridized carbons (Fsp3) is 0.600. The fourth-order valence-electron chi connectivity index (χ4n) is 3.70. The summed E-state index contributed by atoms with van der Waals surface area (Å²) in [4.78, 5) is 29.1. The number of nitrogens with zero attached hydrogens (tertiary/aromatic N) is 2. The van der Waals surface area contributed by atoms with Gasteiger partial charge in [-0.1, -0.05) is 29.8 Å². The van der Waals surface area contributed by atoms with Crippen molar-refractivity contribution in [2.24, 2.45) is 5.92 Å². The van der Waals surface area contributed by atoms with E-state index < -0.39 is 0 Å². The Labute approximate surface area is 162 Å². The van der Waals surface area contributed by atoms with Crippen molar-refractivity contribution in [3.63, 3.8) is 0 Å². The van der Waals surface area contributed by atoms with Crippen molar-refractivity contribution >= 4 is 24.1 Å². The van der Waals surface area contributed by atoms with Gasteiger partial charge in [-0.15, -0.1) is 12.4 Å². The summed E-state index contributed by atoms with van der Waals surface area (Å²) in [6, 6.07) is 7.89. The molecule has 0 unspecified atom stereocenters. The van der Waals surface area contributed by atoms with Crippen molar-refractivity contribution < 1.29 is 9.59 Å². The minimum atomic E-state index is 0. The number of piperazine rings is 1. The number of carbonyl (C=O) groups excluding carboxylic acids is 2. The zero-order valence-corrected chi connectivity index (χ0v) is 16.4. The number of aryl methyl sites for hydroxylation is 1. The highest BCUT2D eigenvalue weighted by Crippen LogP contribution is 2.22. The van der Waals surface area contributed by atoms with E-state index in [1.54, 1.807) is 0 Å². The summed E-state index contributed by atoms with van der Waals surface area (Å²) >= 11 is 0. The molecule has 1 aromatic carbocycles. The maximum atomic E-state index is 12.6. The highest BCUT2D eigenvalue weighted by Gasteiger charge is 2.26. The van der Waals surface area contributed by atoms with E-state index in [9.17, 15) is 9.59 Å². The molecule has 2 aliphatic rings. The molecule has 0 saturated carbocycles. The lowest BCUT2D eigenvalue weighted by Crippen LogP contribution is -2.47. The zero-order chi connectivity index (χ0) is 17.6. The third-order valence-corrected chi connectivity index (χ3v) is 5.41. The van der Waals surface area contributed by atoms with Gasteiger partial charge in [-0.05, 0) is 32.9 Å². The van der Waals surface area contributed by atoms with E-state index in [1.165, 1.54) is 5.56 Å². The summed E-state index contributed by atoms with van der Waals surface area (Å²) < 4.78 is 0. The van der Waals surface area contributed by atoms with Crippen LogP contribution in [0.4, 0.5) is 0 Å². The molecule has 5 nitrogen and oxygen atoms in total. The third-order valence-electron chi connectivity index (χ3n) is 5.41. The molecule has 0 aromatic heterocycles. The molecule has 0 aliphatic carbocycles. The predicted octanol–water partition coefficient (Wildman–Crippen LogP) is 2.13. The fourth-order valence-corrected chi connectivity index (χ4v) is 3.70. The van der Waals surface area contributed by atoms with Crippen molar-refractivity contribution in [1.29, 1.82) is 0 Å². The Morgan fingerprint density at radius 1 is 1.04 bits per heavy atom. The molecule has 3 rings (SSSR count). The molecule has 1 amide bonds. The van der Waals surface area contributed by atoms with Crippen molar-refractivity contribution in [3.8, 4) is 0 Å². The summed E-state index contributed by atoms with van der Waals surface area (Å²) in [5.74, 6) is 0.665. The topological polar surface area (TPSA) is 52.7 Å². The number of hydrogen-bond donors (Lipinski definition) is 1. The number of likely N-dealkylation sites (tertiary alicyclic amines) is 1. The van der Waals surface area contributed by atoms with E-state index in [4.69, 9.17) is 0 Å². The number of piperidine rings is 1. The maximum absolute atomic E-state index is 12.6. The smallest absolute Gasteiger partial charge is 0.223 e. The molecule has 144 valence electrons. The second-order valence-corrected chi connectivity index (χ2v) is 7.23. The van der Waals surface area contributed by atoms with E-state index in [-0.39, 0.29) is 30.0 Å². The van der Waals surface area contributed by atoms with Gasteiger partial charge in [0.15, 0.2) is 5.78 Å². The Bertz CT molecular complexity index is 592. The largest absolute Gasteiger partial charge is 0.340 e. The summed E-state index contributed by atoms with van der Waals surface area (Å²) in [6.45, 7) is 8.13. The van der Waals surface area contributed by atoms with Gasteiger partial charge in [0.25, 0.3) is 0 Å². The number of nitrogens with one attached hydrogen (secondary N) is 1. The molecule has 1 aromatic rings. The number of carbonyl (C=O) groups is 2. The zero-order valence-electron chi connectivity index (χ0n) is 15.6. The molecule has 2 fully saturated rings. The number of amides is 1. The number of benzene rings is 1. The number of ketones is 1. The summed E-state index contributed by atoms with van der Waals surface area (Å²) in [5, 5.41) is 3.27. The molecule has 26 heavy (non-hydrogen) atoms. The number of hydrogen-bond acceptors (Lipinski definition) is 4. The van der Waals surface area contributed by atoms with Gasteiger partial charge in [0.1, 0.15) is 0 Å². The SMILES string of the molecule is Cc1ccc(C(=O)C2CCN(CCC(=O)N3CCNCC3)CC2)cc1.Cl. The first kappa shape index (κ1) is 20.9. The van der Waals surface area contributed by atoms with E-state index in [0.29, 0.717) is 6.42 Å². The van der Waals surface area contributed by atoms with Crippen LogP contribution in [0.2, 0.25) is 0 Å². The molecule has 2 aliphatic heterocycles. The Morgan fingerprint density at radius 3 is 2.27 bits per heavy atom. The molecule has 2 saturated heterocycles. The lowest BCUT2D eigenvalue weighted by molar-refractivity contribution is -0.132. The molecule has 1 N–H and O–H groups in total. The van der Waals surface area contributed by atoms with Crippen molar-refractivity contribution in [1.82, 2.24) is 15.1 Å². The minimum Gasteiger partial charge on any atom is -0.340 e. The Hall–Kier alpha value is -1.43. The predicted molar refractivity (Wildman–Crippen MR) is 106 cm³/mol. The van der Waals surface area contributed by atoms with Crippen LogP contribution in [0.5, 0.6) is 0 Å². The third kappa shape index (κ3) is 5.53. The molecule has 2 heterocycles. The lowest BCUT2D eigenvalue weighted by atomic mass is 9.88. The van der Waals surface area contributed by atoms with Crippen LogP contribution >= 0.6 is 12.4 Å². The van der Waals surface area contributed by atoms with Gasteiger partial charge in [0.05, 0.1) is 0 Å². The molecular formula is C20H30ClN3O2. The molecule has 0 radical (unpaired) electrons. The second kappa shape index (κ2) is 10.0. The van der Waals surface area contributed by atoms with Crippen LogP contribution in [-0.2, 0) is 4.79 Å². The van der Waals surface area contributed by atoms with Crippen molar-refractivity contribution in [2.45, 2.75) is 26.2 Å². The monoisotopic (exact) mass is 379 g/mol.